The summed E-state index contributed by atoms with van der Waals surface area (Å²) >= 11 is 0. The minimum Gasteiger partial charge on any atom is -0.405 e. The van der Waals surface area contributed by atoms with Crippen molar-refractivity contribution < 1.29 is 37.0 Å². The SMILES string of the molecule is O=C1OC2(CCCN(c3ncccc3CCN3CC[C@H](CC(F)(F)F)C3)C2=O)OC1=O. The molecule has 1 aromatic heterocycles. The van der Waals surface area contributed by atoms with Crippen molar-refractivity contribution >= 4 is 23.7 Å². The number of hydrogen-bond donors (Lipinski definition) is 0. The number of aromatic nitrogens is 1. The van der Waals surface area contributed by atoms with Crippen molar-refractivity contribution in [1.29, 1.82) is 0 Å². The number of nitrogens with zero attached hydrogens (tertiary/aromatic N) is 3. The van der Waals surface area contributed by atoms with E-state index < -0.39 is 42.1 Å². The molecule has 3 aliphatic heterocycles. The molecule has 0 aromatic carbocycles. The third-order valence-corrected chi connectivity index (χ3v) is 5.85. The number of carbonyl (C=O) groups is 3. The molecular weight excluding hydrogens is 419 g/mol. The largest absolute Gasteiger partial charge is 0.421 e. The van der Waals surface area contributed by atoms with Crippen LogP contribution >= 0.6 is 0 Å². The van der Waals surface area contributed by atoms with Crippen molar-refractivity contribution in [2.45, 2.75) is 44.1 Å². The number of carbonyl (C=O) groups excluding carboxylic acids is 3. The van der Waals surface area contributed by atoms with Gasteiger partial charge in [0.1, 0.15) is 5.82 Å². The average molecular weight is 441 g/mol. The van der Waals surface area contributed by atoms with E-state index in [2.05, 4.69) is 4.98 Å². The minimum atomic E-state index is -4.16. The maximum atomic E-state index is 13.0. The van der Waals surface area contributed by atoms with E-state index in [4.69, 9.17) is 9.47 Å². The fraction of sp³-hybridized carbons (Fsp3) is 0.600. The molecule has 0 saturated carbocycles. The van der Waals surface area contributed by atoms with Crippen LogP contribution in [0.25, 0.3) is 0 Å². The normalized spacial score (nSPS) is 24.0. The summed E-state index contributed by atoms with van der Waals surface area (Å²) in [5.74, 6) is -5.02. The molecule has 3 aliphatic rings. The number of rotatable bonds is 5. The average Bonchev–Trinajstić information content (AvgIpc) is 3.25. The Morgan fingerprint density at radius 3 is 2.61 bits per heavy atom. The summed E-state index contributed by atoms with van der Waals surface area (Å²) in [4.78, 5) is 43.7. The number of pyridine rings is 1. The summed E-state index contributed by atoms with van der Waals surface area (Å²) in [5.41, 5.74) is 0.739. The Labute approximate surface area is 176 Å². The van der Waals surface area contributed by atoms with Gasteiger partial charge in [0, 0.05) is 38.7 Å². The van der Waals surface area contributed by atoms with Gasteiger partial charge in [-0.25, -0.2) is 14.6 Å². The summed E-state index contributed by atoms with van der Waals surface area (Å²) in [6.45, 7) is 1.82. The summed E-state index contributed by atoms with van der Waals surface area (Å²) in [6, 6.07) is 3.52. The number of amides is 1. The van der Waals surface area contributed by atoms with Crippen LogP contribution in [0.1, 0.15) is 31.2 Å². The van der Waals surface area contributed by atoms with Gasteiger partial charge in [0.05, 0.1) is 0 Å². The second-order valence-corrected chi connectivity index (χ2v) is 8.10. The van der Waals surface area contributed by atoms with Crippen LogP contribution in [-0.4, -0.2) is 65.9 Å². The fourth-order valence-electron chi connectivity index (χ4n) is 4.44. The van der Waals surface area contributed by atoms with Crippen LogP contribution in [0.15, 0.2) is 18.3 Å². The number of piperidine rings is 1. The zero-order chi connectivity index (χ0) is 22.2. The smallest absolute Gasteiger partial charge is 0.405 e. The molecule has 3 fully saturated rings. The molecule has 4 rings (SSSR count). The predicted octanol–water partition coefficient (Wildman–Crippen LogP) is 1.82. The summed E-state index contributed by atoms with van der Waals surface area (Å²) in [7, 11) is 0. The molecule has 11 heteroatoms. The number of alkyl halides is 3. The zero-order valence-electron chi connectivity index (χ0n) is 16.7. The maximum Gasteiger partial charge on any atom is 0.421 e. The molecule has 168 valence electrons. The van der Waals surface area contributed by atoms with E-state index in [1.165, 1.54) is 11.1 Å². The Hall–Kier alpha value is -2.69. The summed E-state index contributed by atoms with van der Waals surface area (Å²) in [6.07, 6.45) is -1.90. The van der Waals surface area contributed by atoms with E-state index in [9.17, 15) is 27.6 Å². The number of halogens is 3. The monoisotopic (exact) mass is 441 g/mol. The lowest BCUT2D eigenvalue weighted by Gasteiger charge is -2.36. The third-order valence-electron chi connectivity index (χ3n) is 5.85. The highest BCUT2D eigenvalue weighted by atomic mass is 19.4. The first-order valence-corrected chi connectivity index (χ1v) is 10.2. The van der Waals surface area contributed by atoms with Gasteiger partial charge >= 0.3 is 29.8 Å². The Morgan fingerprint density at radius 2 is 1.90 bits per heavy atom. The number of likely N-dealkylation sites (tertiary alicyclic amines) is 1. The van der Waals surface area contributed by atoms with E-state index in [-0.39, 0.29) is 6.42 Å². The lowest BCUT2D eigenvalue weighted by Crippen LogP contribution is -2.55. The topological polar surface area (TPSA) is 89.0 Å². The van der Waals surface area contributed by atoms with E-state index >= 15 is 0 Å². The van der Waals surface area contributed by atoms with E-state index in [1.807, 2.05) is 4.90 Å². The van der Waals surface area contributed by atoms with Crippen LogP contribution < -0.4 is 4.90 Å². The number of esters is 2. The Morgan fingerprint density at radius 1 is 1.16 bits per heavy atom. The second-order valence-electron chi connectivity index (χ2n) is 8.10. The van der Waals surface area contributed by atoms with Crippen molar-refractivity contribution in [3.8, 4) is 0 Å². The molecule has 0 unspecified atom stereocenters. The van der Waals surface area contributed by atoms with Crippen LogP contribution in [0.5, 0.6) is 0 Å². The first kappa shape index (κ1) is 21.5. The molecular formula is C20H22F3N3O5. The number of ether oxygens (including phenoxy) is 2. The molecule has 3 saturated heterocycles. The minimum absolute atomic E-state index is 0.0797. The Bertz CT molecular complexity index is 875. The molecule has 4 heterocycles. The highest BCUT2D eigenvalue weighted by molar-refractivity contribution is 6.32. The van der Waals surface area contributed by atoms with Gasteiger partial charge in [0.15, 0.2) is 0 Å². The van der Waals surface area contributed by atoms with Gasteiger partial charge in [-0.15, -0.1) is 0 Å². The number of hydrogen-bond acceptors (Lipinski definition) is 7. The van der Waals surface area contributed by atoms with E-state index in [0.29, 0.717) is 51.3 Å². The fourth-order valence-corrected chi connectivity index (χ4v) is 4.44. The number of anilines is 1. The van der Waals surface area contributed by atoms with Crippen LogP contribution in [0.4, 0.5) is 19.0 Å². The molecule has 0 N–H and O–H groups in total. The van der Waals surface area contributed by atoms with Crippen LogP contribution in [0.3, 0.4) is 0 Å². The highest BCUT2D eigenvalue weighted by Crippen LogP contribution is 2.35. The zero-order valence-corrected chi connectivity index (χ0v) is 16.7. The van der Waals surface area contributed by atoms with Gasteiger partial charge in [-0.1, -0.05) is 6.07 Å². The van der Waals surface area contributed by atoms with Crippen molar-refractivity contribution in [3.05, 3.63) is 23.9 Å². The summed E-state index contributed by atoms with van der Waals surface area (Å²) in [5, 5.41) is 0. The molecule has 0 aliphatic carbocycles. The van der Waals surface area contributed by atoms with Crippen LogP contribution in [0, 0.1) is 5.92 Å². The maximum absolute atomic E-state index is 13.0. The quantitative estimate of drug-likeness (QED) is 0.509. The molecule has 1 aromatic rings. The standard InChI is InChI=1S/C20H22F3N3O5/c21-20(22,23)11-13-4-9-25(12-13)10-5-14-3-1-7-24-15(14)26-8-2-6-19(18(26)29)30-16(27)17(28)31-19/h1,3,7,13H,2,4-6,8-12H2/t13-/m1/s1. The molecule has 0 bridgehead atoms. The van der Waals surface area contributed by atoms with E-state index in [1.54, 1.807) is 12.1 Å². The molecule has 0 radical (unpaired) electrons. The van der Waals surface area contributed by atoms with Crippen LogP contribution in [-0.2, 0) is 30.3 Å². The molecule has 8 nitrogen and oxygen atoms in total. The Kier molecular flexibility index (Phi) is 5.63. The molecule has 1 atom stereocenters. The van der Waals surface area contributed by atoms with Gasteiger partial charge in [0.25, 0.3) is 0 Å². The molecule has 1 spiro atoms. The predicted molar refractivity (Wildman–Crippen MR) is 99.7 cm³/mol. The third kappa shape index (κ3) is 4.51. The lowest BCUT2D eigenvalue weighted by molar-refractivity contribution is -0.193. The van der Waals surface area contributed by atoms with Crippen LogP contribution in [0.2, 0.25) is 0 Å². The lowest BCUT2D eigenvalue weighted by atomic mass is 10.0. The first-order chi connectivity index (χ1) is 14.7. The molecule has 1 amide bonds. The van der Waals surface area contributed by atoms with Crippen molar-refractivity contribution in [2.75, 3.05) is 31.1 Å². The van der Waals surface area contributed by atoms with Gasteiger partial charge in [0.2, 0.25) is 0 Å². The van der Waals surface area contributed by atoms with E-state index in [0.717, 1.165) is 5.56 Å². The van der Waals surface area contributed by atoms with Crippen molar-refractivity contribution in [1.82, 2.24) is 9.88 Å². The van der Waals surface area contributed by atoms with Crippen molar-refractivity contribution in [3.63, 3.8) is 0 Å². The second kappa shape index (κ2) is 8.10. The van der Waals surface area contributed by atoms with Gasteiger partial charge < -0.3 is 14.4 Å². The Balaban J connectivity index is 1.44. The van der Waals surface area contributed by atoms with Gasteiger partial charge in [-0.05, 0) is 43.4 Å². The van der Waals surface area contributed by atoms with Crippen molar-refractivity contribution in [2.24, 2.45) is 5.92 Å². The van der Waals surface area contributed by atoms with Gasteiger partial charge in [-0.2, -0.15) is 13.2 Å². The summed E-state index contributed by atoms with van der Waals surface area (Å²) < 4.78 is 47.8. The molecule has 31 heavy (non-hydrogen) atoms. The van der Waals surface area contributed by atoms with Gasteiger partial charge in [-0.3, -0.25) is 9.69 Å². The first-order valence-electron chi connectivity index (χ1n) is 10.2. The highest BCUT2D eigenvalue weighted by Gasteiger charge is 2.58.